The van der Waals surface area contributed by atoms with Crippen LogP contribution in [0.25, 0.3) is 11.5 Å². The Kier molecular flexibility index (Phi) is 4.50. The summed E-state index contributed by atoms with van der Waals surface area (Å²) in [6.07, 6.45) is 0.682. The molecule has 11 heteroatoms. The summed E-state index contributed by atoms with van der Waals surface area (Å²) in [5.74, 6) is 0.834. The molecule has 0 atom stereocenters. The first-order chi connectivity index (χ1) is 12.0. The van der Waals surface area contributed by atoms with Gasteiger partial charge in [-0.3, -0.25) is 4.72 Å². The highest BCUT2D eigenvalue weighted by molar-refractivity contribution is 7.90. The van der Waals surface area contributed by atoms with Gasteiger partial charge in [-0.1, -0.05) is 5.16 Å². The standard InChI is InChI=1S/C14H18N4O5S2/c1-9-15-13(23-16-9)12-10-2-5-22-8-11(10)24-14(12)17-25(19,20)18-3-6-21-7-4-18/h17H,2-8H2,1H3. The molecule has 9 nitrogen and oxygen atoms in total. The number of nitrogens with zero attached hydrogens (tertiary/aromatic N) is 3. The van der Waals surface area contributed by atoms with Crippen LogP contribution in [0, 0.1) is 6.92 Å². The third-order valence-electron chi connectivity index (χ3n) is 4.09. The van der Waals surface area contributed by atoms with Crippen LogP contribution in [0.5, 0.6) is 0 Å². The zero-order chi connectivity index (χ0) is 17.4. The van der Waals surface area contributed by atoms with Crippen LogP contribution in [0.4, 0.5) is 5.00 Å². The van der Waals surface area contributed by atoms with Gasteiger partial charge in [0, 0.05) is 18.0 Å². The van der Waals surface area contributed by atoms with E-state index in [-0.39, 0.29) is 0 Å². The van der Waals surface area contributed by atoms with Crippen LogP contribution in [0.2, 0.25) is 0 Å². The van der Waals surface area contributed by atoms with Gasteiger partial charge in [-0.2, -0.15) is 17.7 Å². The minimum atomic E-state index is -3.68. The van der Waals surface area contributed by atoms with Crippen molar-refractivity contribution in [2.24, 2.45) is 0 Å². The van der Waals surface area contributed by atoms with Gasteiger partial charge >= 0.3 is 10.2 Å². The second-order valence-corrected chi connectivity index (χ2v) is 8.55. The molecule has 0 aromatic carbocycles. The number of ether oxygens (including phenoxy) is 2. The lowest BCUT2D eigenvalue weighted by molar-refractivity contribution is 0.0733. The van der Waals surface area contributed by atoms with Crippen molar-refractivity contribution < 1.29 is 22.4 Å². The Bertz CT molecular complexity index is 870. The maximum absolute atomic E-state index is 12.7. The topological polar surface area (TPSA) is 107 Å². The number of thiophene rings is 1. The summed E-state index contributed by atoms with van der Waals surface area (Å²) in [6.45, 7) is 4.22. The summed E-state index contributed by atoms with van der Waals surface area (Å²) in [5.41, 5.74) is 1.68. The van der Waals surface area contributed by atoms with E-state index in [0.29, 0.717) is 68.2 Å². The van der Waals surface area contributed by atoms with Crippen LogP contribution in [-0.4, -0.2) is 55.8 Å². The quantitative estimate of drug-likeness (QED) is 0.840. The molecule has 25 heavy (non-hydrogen) atoms. The van der Waals surface area contributed by atoms with E-state index in [1.54, 1.807) is 6.92 Å². The molecule has 0 radical (unpaired) electrons. The van der Waals surface area contributed by atoms with Crippen molar-refractivity contribution >= 4 is 26.5 Å². The predicted molar refractivity (Wildman–Crippen MR) is 90.6 cm³/mol. The summed E-state index contributed by atoms with van der Waals surface area (Å²) < 4.78 is 45.6. The monoisotopic (exact) mass is 386 g/mol. The van der Waals surface area contributed by atoms with Gasteiger partial charge in [-0.25, -0.2) is 0 Å². The molecule has 136 valence electrons. The summed E-state index contributed by atoms with van der Waals surface area (Å²) in [5, 5.41) is 4.32. The Morgan fingerprint density at radius 2 is 2.00 bits per heavy atom. The summed E-state index contributed by atoms with van der Waals surface area (Å²) in [6, 6.07) is 0. The number of aryl methyl sites for hydroxylation is 1. The minimum Gasteiger partial charge on any atom is -0.379 e. The van der Waals surface area contributed by atoms with E-state index in [9.17, 15) is 8.42 Å². The van der Waals surface area contributed by atoms with Gasteiger partial charge in [0.1, 0.15) is 5.00 Å². The van der Waals surface area contributed by atoms with Crippen LogP contribution in [-0.2, 0) is 32.7 Å². The minimum absolute atomic E-state index is 0.330. The number of hydrogen-bond donors (Lipinski definition) is 1. The molecule has 2 aromatic heterocycles. The highest BCUT2D eigenvalue weighted by Gasteiger charge is 2.30. The molecule has 1 fully saturated rings. The van der Waals surface area contributed by atoms with Crippen molar-refractivity contribution in [3.8, 4) is 11.5 Å². The Labute approximate surface area is 149 Å². The molecule has 0 aliphatic carbocycles. The zero-order valence-corrected chi connectivity index (χ0v) is 15.3. The molecule has 2 aliphatic rings. The summed E-state index contributed by atoms with van der Waals surface area (Å²) >= 11 is 1.36. The number of hydrogen-bond acceptors (Lipinski definition) is 8. The Balaban J connectivity index is 1.72. The Hall–Kier alpha value is -1.53. The number of morpholine rings is 1. The average molecular weight is 386 g/mol. The molecule has 0 spiro atoms. The first kappa shape index (κ1) is 16.9. The van der Waals surface area contributed by atoms with E-state index in [2.05, 4.69) is 14.9 Å². The Morgan fingerprint density at radius 1 is 1.20 bits per heavy atom. The fourth-order valence-electron chi connectivity index (χ4n) is 2.90. The van der Waals surface area contributed by atoms with Crippen LogP contribution in [0.15, 0.2) is 4.52 Å². The smallest absolute Gasteiger partial charge is 0.302 e. The molecule has 1 saturated heterocycles. The first-order valence-corrected chi connectivity index (χ1v) is 10.2. The molecule has 0 saturated carbocycles. The van der Waals surface area contributed by atoms with Crippen molar-refractivity contribution in [1.82, 2.24) is 14.4 Å². The fourth-order valence-corrected chi connectivity index (χ4v) is 5.50. The van der Waals surface area contributed by atoms with E-state index in [1.165, 1.54) is 15.6 Å². The van der Waals surface area contributed by atoms with Crippen molar-refractivity contribution in [1.29, 1.82) is 0 Å². The molecule has 0 bridgehead atoms. The molecular formula is C14H18N4O5S2. The lowest BCUT2D eigenvalue weighted by Crippen LogP contribution is -2.43. The van der Waals surface area contributed by atoms with E-state index in [1.807, 2.05) is 0 Å². The highest BCUT2D eigenvalue weighted by Crippen LogP contribution is 2.43. The first-order valence-electron chi connectivity index (χ1n) is 7.93. The van der Waals surface area contributed by atoms with Gasteiger partial charge in [0.2, 0.25) is 0 Å². The van der Waals surface area contributed by atoms with Crippen molar-refractivity contribution in [2.45, 2.75) is 20.0 Å². The summed E-state index contributed by atoms with van der Waals surface area (Å²) in [4.78, 5) is 5.27. The van der Waals surface area contributed by atoms with Crippen LogP contribution in [0.3, 0.4) is 0 Å². The van der Waals surface area contributed by atoms with E-state index in [4.69, 9.17) is 14.0 Å². The van der Waals surface area contributed by atoms with Crippen LogP contribution >= 0.6 is 11.3 Å². The maximum atomic E-state index is 12.7. The van der Waals surface area contributed by atoms with Gasteiger partial charge < -0.3 is 14.0 Å². The lowest BCUT2D eigenvalue weighted by Gasteiger charge is -2.26. The van der Waals surface area contributed by atoms with Gasteiger partial charge in [-0.15, -0.1) is 11.3 Å². The number of nitrogens with one attached hydrogen (secondary N) is 1. The molecule has 0 amide bonds. The number of anilines is 1. The summed E-state index contributed by atoms with van der Waals surface area (Å²) in [7, 11) is -3.68. The second kappa shape index (κ2) is 6.65. The van der Waals surface area contributed by atoms with E-state index >= 15 is 0 Å². The second-order valence-electron chi connectivity index (χ2n) is 5.78. The fraction of sp³-hybridized carbons (Fsp3) is 0.571. The normalized spacial score (nSPS) is 18.9. The van der Waals surface area contributed by atoms with Crippen molar-refractivity contribution in [2.75, 3.05) is 37.6 Å². The molecule has 4 heterocycles. The van der Waals surface area contributed by atoms with E-state index in [0.717, 1.165) is 10.4 Å². The van der Waals surface area contributed by atoms with Gasteiger partial charge in [-0.05, 0) is 18.9 Å². The maximum Gasteiger partial charge on any atom is 0.302 e. The van der Waals surface area contributed by atoms with Crippen LogP contribution < -0.4 is 4.72 Å². The molecular weight excluding hydrogens is 368 g/mol. The molecule has 2 aliphatic heterocycles. The van der Waals surface area contributed by atoms with Gasteiger partial charge in [0.05, 0.1) is 32.0 Å². The SMILES string of the molecule is Cc1noc(-c2c(NS(=O)(=O)N3CCOCC3)sc3c2CCOC3)n1. The number of fused-ring (bicyclic) bond motifs is 1. The van der Waals surface area contributed by atoms with Crippen molar-refractivity contribution in [3.05, 3.63) is 16.3 Å². The molecule has 2 aromatic rings. The lowest BCUT2D eigenvalue weighted by atomic mass is 10.1. The Morgan fingerprint density at radius 3 is 2.72 bits per heavy atom. The third-order valence-corrected chi connectivity index (χ3v) is 6.85. The molecule has 4 rings (SSSR count). The van der Waals surface area contributed by atoms with Crippen molar-refractivity contribution in [3.63, 3.8) is 0 Å². The number of rotatable bonds is 4. The number of aromatic nitrogens is 2. The zero-order valence-electron chi connectivity index (χ0n) is 13.6. The van der Waals surface area contributed by atoms with E-state index < -0.39 is 10.2 Å². The van der Waals surface area contributed by atoms with Gasteiger partial charge in [0.25, 0.3) is 5.89 Å². The molecule has 1 N–H and O–H groups in total. The van der Waals surface area contributed by atoms with Gasteiger partial charge in [0.15, 0.2) is 5.82 Å². The molecule has 0 unspecified atom stereocenters. The average Bonchev–Trinajstić information content (AvgIpc) is 3.18. The predicted octanol–water partition coefficient (Wildman–Crippen LogP) is 1.17. The van der Waals surface area contributed by atoms with Crippen LogP contribution in [0.1, 0.15) is 16.3 Å². The largest absolute Gasteiger partial charge is 0.379 e. The third kappa shape index (κ3) is 3.29. The highest BCUT2D eigenvalue weighted by atomic mass is 32.2.